The van der Waals surface area contributed by atoms with Crippen LogP contribution in [0.1, 0.15) is 28.9 Å². The zero-order chi connectivity index (χ0) is 24.4. The minimum atomic E-state index is -0.0726. The Kier molecular flexibility index (Phi) is 7.00. The lowest BCUT2D eigenvalue weighted by Gasteiger charge is -2.35. The van der Waals surface area contributed by atoms with E-state index in [9.17, 15) is 4.79 Å². The Morgan fingerprint density at radius 2 is 1.88 bits per heavy atom. The smallest absolute Gasteiger partial charge is 0.255 e. The van der Waals surface area contributed by atoms with Gasteiger partial charge in [-0.3, -0.25) is 4.79 Å². The third-order valence-electron chi connectivity index (χ3n) is 6.44. The van der Waals surface area contributed by atoms with Crippen molar-refractivity contribution in [1.29, 1.82) is 0 Å². The van der Waals surface area contributed by atoms with Crippen LogP contribution in [0.25, 0.3) is 22.4 Å². The number of pyridine rings is 1. The van der Waals surface area contributed by atoms with E-state index in [0.717, 1.165) is 54.1 Å². The fourth-order valence-electron chi connectivity index (χ4n) is 4.41. The maximum Gasteiger partial charge on any atom is 0.255 e. The summed E-state index contributed by atoms with van der Waals surface area (Å²) in [4.78, 5) is 30.6. The van der Waals surface area contributed by atoms with Crippen molar-refractivity contribution in [3.05, 3.63) is 52.8 Å². The zero-order valence-corrected chi connectivity index (χ0v) is 20.7. The average Bonchev–Trinajstić information content (AvgIpc) is 2.83. The molecule has 1 aromatic carbocycles. The quantitative estimate of drug-likeness (QED) is 0.571. The van der Waals surface area contributed by atoms with E-state index >= 15 is 0 Å². The van der Waals surface area contributed by atoms with Gasteiger partial charge in [0.15, 0.2) is 0 Å². The highest BCUT2D eigenvalue weighted by atomic mass is 35.5. The number of amides is 1. The van der Waals surface area contributed by atoms with Crippen LogP contribution < -0.4 is 11.1 Å². The van der Waals surface area contributed by atoms with Crippen molar-refractivity contribution < 1.29 is 4.79 Å². The number of hydrogen-bond acceptors (Lipinski definition) is 7. The second-order valence-electron chi connectivity index (χ2n) is 8.72. The first-order chi connectivity index (χ1) is 16.3. The molecule has 3 aromatic rings. The van der Waals surface area contributed by atoms with Gasteiger partial charge in [0.05, 0.1) is 22.0 Å². The first-order valence-corrected chi connectivity index (χ1v) is 11.7. The Labute approximate surface area is 205 Å². The second kappa shape index (κ2) is 9.95. The van der Waals surface area contributed by atoms with Crippen molar-refractivity contribution in [3.8, 4) is 22.4 Å². The summed E-state index contributed by atoms with van der Waals surface area (Å²) < 4.78 is 0. The van der Waals surface area contributed by atoms with Crippen molar-refractivity contribution in [2.24, 2.45) is 0 Å². The van der Waals surface area contributed by atoms with Crippen molar-refractivity contribution >= 4 is 29.3 Å². The fraction of sp³-hybridized carbons (Fsp3) is 0.360. The van der Waals surface area contributed by atoms with E-state index in [2.05, 4.69) is 32.2 Å². The summed E-state index contributed by atoms with van der Waals surface area (Å²) in [5.41, 5.74) is 10.3. The van der Waals surface area contributed by atoms with Gasteiger partial charge in [-0.25, -0.2) is 15.0 Å². The fourth-order valence-corrected chi connectivity index (χ4v) is 4.67. The number of anilines is 2. The van der Waals surface area contributed by atoms with E-state index in [1.54, 1.807) is 18.3 Å². The number of nitrogens with two attached hydrogens (primary N) is 1. The molecule has 34 heavy (non-hydrogen) atoms. The molecule has 0 spiro atoms. The molecule has 0 radical (unpaired) electrons. The monoisotopic (exact) mass is 479 g/mol. The van der Waals surface area contributed by atoms with Gasteiger partial charge in [0.1, 0.15) is 5.82 Å². The molecule has 2 aromatic heterocycles. The summed E-state index contributed by atoms with van der Waals surface area (Å²) in [5, 5.41) is 3.40. The lowest BCUT2D eigenvalue weighted by atomic mass is 9.97. The maximum absolute atomic E-state index is 13.2. The zero-order valence-electron chi connectivity index (χ0n) is 20.0. The molecule has 4 rings (SSSR count). The lowest BCUT2D eigenvalue weighted by Crippen LogP contribution is -2.44. The molecule has 9 heteroatoms. The van der Waals surface area contributed by atoms with Crippen LogP contribution in [0, 0.1) is 6.92 Å². The molecule has 0 saturated carbocycles. The molecule has 1 fully saturated rings. The van der Waals surface area contributed by atoms with Gasteiger partial charge in [-0.05, 0) is 64.2 Å². The molecule has 3 heterocycles. The van der Waals surface area contributed by atoms with Crippen LogP contribution in [0.4, 0.5) is 11.8 Å². The molecule has 1 amide bonds. The summed E-state index contributed by atoms with van der Waals surface area (Å²) in [6.45, 7) is 3.85. The summed E-state index contributed by atoms with van der Waals surface area (Å²) in [6, 6.07) is 9.47. The van der Waals surface area contributed by atoms with Crippen LogP contribution in [0.5, 0.6) is 0 Å². The molecule has 1 aliphatic heterocycles. The van der Waals surface area contributed by atoms with E-state index in [4.69, 9.17) is 17.3 Å². The third-order valence-corrected chi connectivity index (χ3v) is 6.76. The summed E-state index contributed by atoms with van der Waals surface area (Å²) in [7, 11) is 5.78. The minimum absolute atomic E-state index is 0.0726. The number of nitrogens with zero attached hydrogens (tertiary/aromatic N) is 5. The Morgan fingerprint density at radius 3 is 2.50 bits per heavy atom. The number of rotatable bonds is 5. The van der Waals surface area contributed by atoms with Gasteiger partial charge in [-0.2, -0.15) is 0 Å². The van der Waals surface area contributed by atoms with Crippen molar-refractivity contribution in [1.82, 2.24) is 24.8 Å². The van der Waals surface area contributed by atoms with Crippen LogP contribution in [-0.4, -0.2) is 70.9 Å². The van der Waals surface area contributed by atoms with Crippen molar-refractivity contribution in [2.75, 3.05) is 45.3 Å². The topological polar surface area (TPSA) is 100 Å². The van der Waals surface area contributed by atoms with Gasteiger partial charge in [0.25, 0.3) is 5.91 Å². The van der Waals surface area contributed by atoms with E-state index in [1.165, 1.54) is 0 Å². The number of carbonyl (C=O) groups is 1. The number of nitrogens with one attached hydrogen (secondary N) is 1. The number of carbonyl (C=O) groups excluding carboxylic acids is 1. The molecule has 0 aliphatic carbocycles. The Morgan fingerprint density at radius 1 is 1.18 bits per heavy atom. The average molecular weight is 480 g/mol. The number of aryl methyl sites for hydroxylation is 1. The van der Waals surface area contributed by atoms with Crippen molar-refractivity contribution in [3.63, 3.8) is 0 Å². The molecular formula is C25H30ClN7O. The van der Waals surface area contributed by atoms with Crippen LogP contribution in [0.2, 0.25) is 5.02 Å². The Bertz CT molecular complexity index is 1190. The van der Waals surface area contributed by atoms with Crippen LogP contribution in [0.3, 0.4) is 0 Å². The van der Waals surface area contributed by atoms with E-state index in [-0.39, 0.29) is 17.9 Å². The first kappa shape index (κ1) is 23.9. The molecular weight excluding hydrogens is 450 g/mol. The second-order valence-corrected chi connectivity index (χ2v) is 9.13. The molecule has 1 aliphatic rings. The molecule has 1 saturated heterocycles. The van der Waals surface area contributed by atoms with E-state index < -0.39 is 0 Å². The number of benzene rings is 1. The Balaban J connectivity index is 1.68. The maximum atomic E-state index is 13.2. The number of aromatic nitrogens is 3. The highest BCUT2D eigenvalue weighted by Crippen LogP contribution is 2.35. The van der Waals surface area contributed by atoms with Crippen LogP contribution in [0.15, 0.2) is 36.5 Å². The SMILES string of the molecule is CNc1ccc(-c2c(C)nc(N)nc2-c2ccc(C(=O)N(C)C3CCN(C)CC3)c(Cl)c2)cn1. The highest BCUT2D eigenvalue weighted by molar-refractivity contribution is 6.34. The molecule has 0 unspecified atom stereocenters. The van der Waals surface area contributed by atoms with Gasteiger partial charge in [0, 0.05) is 43.0 Å². The largest absolute Gasteiger partial charge is 0.373 e. The standard InChI is InChI=1S/C25H30ClN7O/c1-15-22(17-6-8-21(28-2)29-14-17)23(31-25(27)30-15)16-5-7-19(20(26)13-16)24(34)33(4)18-9-11-32(3)12-10-18/h5-8,13-14,18H,9-12H2,1-4H3,(H,28,29)(H2,27,30,31). The number of piperidine rings is 1. The Hall–Kier alpha value is -3.23. The molecule has 178 valence electrons. The number of nitrogen functional groups attached to an aromatic ring is 1. The lowest BCUT2D eigenvalue weighted by molar-refractivity contribution is 0.0660. The van der Waals surface area contributed by atoms with Gasteiger partial charge < -0.3 is 20.9 Å². The van der Waals surface area contributed by atoms with Gasteiger partial charge in [-0.15, -0.1) is 0 Å². The predicted molar refractivity (Wildman–Crippen MR) is 137 cm³/mol. The van der Waals surface area contributed by atoms with Gasteiger partial charge in [0.2, 0.25) is 5.95 Å². The van der Waals surface area contributed by atoms with Crippen LogP contribution in [-0.2, 0) is 0 Å². The summed E-state index contributed by atoms with van der Waals surface area (Å²) >= 11 is 6.65. The molecule has 0 atom stereocenters. The highest BCUT2D eigenvalue weighted by Gasteiger charge is 2.26. The molecule has 3 N–H and O–H groups in total. The van der Waals surface area contributed by atoms with E-state index in [0.29, 0.717) is 16.3 Å². The van der Waals surface area contributed by atoms with Gasteiger partial charge in [-0.1, -0.05) is 17.7 Å². The minimum Gasteiger partial charge on any atom is -0.373 e. The molecule has 0 bridgehead atoms. The summed E-state index contributed by atoms with van der Waals surface area (Å²) in [5.74, 6) is 0.866. The van der Waals surface area contributed by atoms with E-state index in [1.807, 2.05) is 44.1 Å². The predicted octanol–water partition coefficient (Wildman–Crippen LogP) is 3.96. The molecule has 8 nitrogen and oxygen atoms in total. The first-order valence-electron chi connectivity index (χ1n) is 11.3. The number of likely N-dealkylation sites (tertiary alicyclic amines) is 1. The van der Waals surface area contributed by atoms with Gasteiger partial charge >= 0.3 is 0 Å². The number of hydrogen-bond donors (Lipinski definition) is 2. The normalized spacial score (nSPS) is 14.7. The summed E-state index contributed by atoms with van der Waals surface area (Å²) in [6.07, 6.45) is 3.68. The van der Waals surface area contributed by atoms with Crippen LogP contribution >= 0.6 is 11.6 Å². The van der Waals surface area contributed by atoms with Crippen molar-refractivity contribution in [2.45, 2.75) is 25.8 Å². The third kappa shape index (κ3) is 4.83. The number of halogens is 1.